The van der Waals surface area contributed by atoms with Crippen molar-refractivity contribution in [1.29, 1.82) is 0 Å². The zero-order valence-corrected chi connectivity index (χ0v) is 21.6. The molecule has 6 heteroatoms. The molecule has 2 saturated heterocycles. The van der Waals surface area contributed by atoms with Crippen LogP contribution in [-0.2, 0) is 10.3 Å². The topological polar surface area (TPSA) is 47.1 Å². The number of nitrogens with zero attached hydrogens (tertiary/aromatic N) is 4. The van der Waals surface area contributed by atoms with Gasteiger partial charge in [0.2, 0.25) is 5.91 Å². The minimum Gasteiger partial charge on any atom is -0.336 e. The first-order valence-electron chi connectivity index (χ1n) is 13.3. The van der Waals surface area contributed by atoms with E-state index in [-0.39, 0.29) is 28.6 Å². The fourth-order valence-corrected chi connectivity index (χ4v) is 6.98. The molecule has 0 radical (unpaired) electrons. The smallest absolute Gasteiger partial charge is 0.320 e. The van der Waals surface area contributed by atoms with E-state index in [0.29, 0.717) is 18.9 Å². The second-order valence-electron chi connectivity index (χ2n) is 12.2. The second-order valence-corrected chi connectivity index (χ2v) is 12.2. The van der Waals surface area contributed by atoms with Gasteiger partial charge in [0.1, 0.15) is 0 Å². The number of benzene rings is 1. The molecule has 4 aliphatic rings. The molecule has 1 aromatic carbocycles. The Balaban J connectivity index is 1.38. The molecule has 0 atom stereocenters. The Labute approximate surface area is 205 Å². The van der Waals surface area contributed by atoms with Crippen LogP contribution < -0.4 is 0 Å². The molecule has 2 aliphatic heterocycles. The molecule has 5 rings (SSSR count). The quantitative estimate of drug-likeness (QED) is 0.602. The number of carbonyl (C=O) groups is 2. The average molecular weight is 467 g/mol. The molecule has 6 nitrogen and oxygen atoms in total. The standard InChI is InChI=1S/C28H42N4O2/c1-26(2,31-18-8-11-24(31)33)20-30-21-27(32(25(30)34)19-22-12-13-22)14-16-28(17-15-27,29(3)4)23-9-6-5-7-10-23/h5-7,9-10,22H,8,11-21H2,1-4H3/t27-,28-. The summed E-state index contributed by atoms with van der Waals surface area (Å²) in [7, 11) is 4.41. The van der Waals surface area contributed by atoms with Gasteiger partial charge in [-0.3, -0.25) is 9.69 Å². The van der Waals surface area contributed by atoms with E-state index in [0.717, 1.165) is 51.7 Å². The molecular weight excluding hydrogens is 424 g/mol. The van der Waals surface area contributed by atoms with Gasteiger partial charge in [0.05, 0.1) is 11.1 Å². The Bertz CT molecular complexity index is 916. The van der Waals surface area contributed by atoms with Crippen molar-refractivity contribution in [3.8, 4) is 0 Å². The van der Waals surface area contributed by atoms with Gasteiger partial charge in [-0.1, -0.05) is 30.3 Å². The average Bonchev–Trinajstić information content (AvgIpc) is 3.48. The number of likely N-dealkylation sites (tertiary alicyclic amines) is 1. The molecule has 2 heterocycles. The third-order valence-corrected chi connectivity index (χ3v) is 9.25. The Morgan fingerprint density at radius 3 is 2.26 bits per heavy atom. The van der Waals surface area contributed by atoms with Crippen LogP contribution in [0.5, 0.6) is 0 Å². The van der Waals surface area contributed by atoms with Gasteiger partial charge in [-0.05, 0) is 84.4 Å². The van der Waals surface area contributed by atoms with Crippen molar-refractivity contribution in [2.45, 2.75) is 81.8 Å². The molecule has 2 saturated carbocycles. The van der Waals surface area contributed by atoms with Crippen LogP contribution in [0.4, 0.5) is 4.79 Å². The monoisotopic (exact) mass is 466 g/mol. The first kappa shape index (κ1) is 23.7. The van der Waals surface area contributed by atoms with E-state index in [1.807, 2.05) is 4.90 Å². The van der Waals surface area contributed by atoms with Crippen LogP contribution >= 0.6 is 0 Å². The number of hydrogen-bond donors (Lipinski definition) is 0. The van der Waals surface area contributed by atoms with Gasteiger partial charge in [-0.25, -0.2) is 4.79 Å². The molecule has 1 aromatic rings. The Hall–Kier alpha value is -2.08. The maximum absolute atomic E-state index is 13.8. The molecule has 0 bridgehead atoms. The number of carbonyl (C=O) groups excluding carboxylic acids is 2. The van der Waals surface area contributed by atoms with Gasteiger partial charge < -0.3 is 14.7 Å². The summed E-state index contributed by atoms with van der Waals surface area (Å²) in [6.45, 7) is 7.40. The molecule has 0 N–H and O–H groups in total. The van der Waals surface area contributed by atoms with Gasteiger partial charge in [-0.2, -0.15) is 0 Å². The molecule has 34 heavy (non-hydrogen) atoms. The second kappa shape index (κ2) is 8.54. The molecule has 4 fully saturated rings. The van der Waals surface area contributed by atoms with Crippen molar-refractivity contribution in [2.24, 2.45) is 5.92 Å². The minimum absolute atomic E-state index is 0.0233. The zero-order chi connectivity index (χ0) is 24.1. The summed E-state index contributed by atoms with van der Waals surface area (Å²) < 4.78 is 0. The summed E-state index contributed by atoms with van der Waals surface area (Å²) in [4.78, 5) is 35.0. The van der Waals surface area contributed by atoms with Crippen molar-refractivity contribution >= 4 is 11.9 Å². The van der Waals surface area contributed by atoms with E-state index in [9.17, 15) is 9.59 Å². The van der Waals surface area contributed by atoms with E-state index < -0.39 is 0 Å². The molecule has 0 aromatic heterocycles. The summed E-state index contributed by atoms with van der Waals surface area (Å²) in [6, 6.07) is 11.1. The normalized spacial score (nSPS) is 30.3. The van der Waals surface area contributed by atoms with E-state index >= 15 is 0 Å². The highest BCUT2D eigenvalue weighted by molar-refractivity contribution is 5.80. The molecule has 0 unspecified atom stereocenters. The summed E-state index contributed by atoms with van der Waals surface area (Å²) >= 11 is 0. The Kier molecular flexibility index (Phi) is 5.94. The lowest BCUT2D eigenvalue weighted by molar-refractivity contribution is -0.132. The highest BCUT2D eigenvalue weighted by Crippen LogP contribution is 2.50. The predicted molar refractivity (Wildman–Crippen MR) is 134 cm³/mol. The first-order chi connectivity index (χ1) is 16.2. The molecule has 1 spiro atoms. The van der Waals surface area contributed by atoms with Crippen molar-refractivity contribution in [3.05, 3.63) is 35.9 Å². The van der Waals surface area contributed by atoms with Gasteiger partial charge in [-0.15, -0.1) is 0 Å². The maximum Gasteiger partial charge on any atom is 0.320 e. The SMILES string of the molecule is CN(C)[C@]1(c2ccccc2)CC[C@@]2(CC1)CN(CC(C)(C)N1CCCC1=O)C(=O)N2CC1CC1. The number of amides is 3. The number of urea groups is 1. The molecular formula is C28H42N4O2. The van der Waals surface area contributed by atoms with Crippen LogP contribution in [0, 0.1) is 5.92 Å². The fourth-order valence-electron chi connectivity index (χ4n) is 6.98. The largest absolute Gasteiger partial charge is 0.336 e. The van der Waals surface area contributed by atoms with E-state index in [1.165, 1.54) is 18.4 Å². The Morgan fingerprint density at radius 1 is 1.03 bits per heavy atom. The highest BCUT2D eigenvalue weighted by Gasteiger charge is 2.56. The molecule has 3 amide bonds. The van der Waals surface area contributed by atoms with E-state index in [1.54, 1.807) is 0 Å². The van der Waals surface area contributed by atoms with Crippen LogP contribution in [0.15, 0.2) is 30.3 Å². The van der Waals surface area contributed by atoms with Crippen LogP contribution in [0.1, 0.15) is 70.8 Å². The summed E-state index contributed by atoms with van der Waals surface area (Å²) in [5.41, 5.74) is 0.999. The lowest BCUT2D eigenvalue weighted by Gasteiger charge is -2.51. The van der Waals surface area contributed by atoms with Crippen molar-refractivity contribution in [1.82, 2.24) is 19.6 Å². The maximum atomic E-state index is 13.8. The van der Waals surface area contributed by atoms with Crippen LogP contribution in [0.25, 0.3) is 0 Å². The van der Waals surface area contributed by atoms with Crippen LogP contribution in [0.3, 0.4) is 0 Å². The third-order valence-electron chi connectivity index (χ3n) is 9.25. The van der Waals surface area contributed by atoms with Gasteiger partial charge in [0.25, 0.3) is 0 Å². The Morgan fingerprint density at radius 2 is 1.71 bits per heavy atom. The lowest BCUT2D eigenvalue weighted by Crippen LogP contribution is -2.55. The summed E-state index contributed by atoms with van der Waals surface area (Å²) in [5, 5.41) is 0. The zero-order valence-electron chi connectivity index (χ0n) is 21.6. The minimum atomic E-state index is -0.327. The molecule has 186 valence electrons. The van der Waals surface area contributed by atoms with E-state index in [2.05, 4.69) is 73.0 Å². The van der Waals surface area contributed by atoms with E-state index in [4.69, 9.17) is 0 Å². The van der Waals surface area contributed by atoms with Crippen molar-refractivity contribution in [3.63, 3.8) is 0 Å². The number of rotatable bonds is 7. The van der Waals surface area contributed by atoms with Gasteiger partial charge in [0.15, 0.2) is 0 Å². The molecule has 2 aliphatic carbocycles. The van der Waals surface area contributed by atoms with Crippen LogP contribution in [0.2, 0.25) is 0 Å². The first-order valence-corrected chi connectivity index (χ1v) is 13.3. The summed E-state index contributed by atoms with van der Waals surface area (Å²) in [6.07, 6.45) is 8.23. The van der Waals surface area contributed by atoms with Gasteiger partial charge >= 0.3 is 6.03 Å². The fraction of sp³-hybridized carbons (Fsp3) is 0.714. The highest BCUT2D eigenvalue weighted by atomic mass is 16.2. The predicted octanol–water partition coefficient (Wildman–Crippen LogP) is 4.30. The van der Waals surface area contributed by atoms with Crippen LogP contribution in [-0.4, -0.2) is 82.9 Å². The number of hydrogen-bond acceptors (Lipinski definition) is 3. The van der Waals surface area contributed by atoms with Crippen molar-refractivity contribution in [2.75, 3.05) is 40.3 Å². The third kappa shape index (κ3) is 4.02. The lowest BCUT2D eigenvalue weighted by atomic mass is 9.68. The van der Waals surface area contributed by atoms with Crippen molar-refractivity contribution < 1.29 is 9.59 Å². The summed E-state index contributed by atoms with van der Waals surface area (Å²) in [5.74, 6) is 0.904. The van der Waals surface area contributed by atoms with Gasteiger partial charge in [0, 0.05) is 38.1 Å².